The maximum absolute atomic E-state index is 13.1. The molecule has 8 atom stereocenters. The lowest BCUT2D eigenvalue weighted by Gasteiger charge is -2.58. The van der Waals surface area contributed by atoms with Crippen molar-refractivity contribution >= 4 is 5.91 Å². The SMILES string of the molecule is CC(CCC(=O)N1CCN(C(C)(C)C)CC1)[C@H]1CC[C@H]2[C@@H]3CC=C4C[C@@H](O)CC[C@]4(C)[C@H]3CC[C@]12C. The Balaban J connectivity index is 1.18. The Bertz CT molecular complexity index is 853. The monoisotopic (exact) mass is 498 g/mol. The molecule has 0 spiro atoms. The fourth-order valence-electron chi connectivity index (χ4n) is 9.95. The van der Waals surface area contributed by atoms with E-state index >= 15 is 0 Å². The molecule has 5 aliphatic rings. The van der Waals surface area contributed by atoms with Crippen LogP contribution in [0.25, 0.3) is 0 Å². The van der Waals surface area contributed by atoms with Crippen LogP contribution in [0.15, 0.2) is 11.6 Å². The number of allylic oxidation sites excluding steroid dienone is 1. The number of aliphatic hydroxyl groups is 1. The number of aliphatic hydroxyl groups excluding tert-OH is 1. The third kappa shape index (κ3) is 4.61. The Morgan fingerprint density at radius 1 is 1.06 bits per heavy atom. The van der Waals surface area contributed by atoms with Gasteiger partial charge in [-0.1, -0.05) is 32.4 Å². The minimum absolute atomic E-state index is 0.114. The van der Waals surface area contributed by atoms with Crippen LogP contribution >= 0.6 is 0 Å². The summed E-state index contributed by atoms with van der Waals surface area (Å²) in [5, 5.41) is 10.3. The summed E-state index contributed by atoms with van der Waals surface area (Å²) < 4.78 is 0. The van der Waals surface area contributed by atoms with Gasteiger partial charge in [0.15, 0.2) is 0 Å². The fraction of sp³-hybridized carbons (Fsp3) is 0.906. The molecule has 4 heteroatoms. The van der Waals surface area contributed by atoms with Crippen LogP contribution in [0.5, 0.6) is 0 Å². The molecule has 1 amide bonds. The lowest BCUT2D eigenvalue weighted by atomic mass is 9.47. The second-order valence-corrected chi connectivity index (χ2v) is 14.9. The number of hydrogen-bond acceptors (Lipinski definition) is 3. The Labute approximate surface area is 221 Å². The molecule has 4 nitrogen and oxygen atoms in total. The molecule has 1 unspecified atom stereocenters. The first-order valence-corrected chi connectivity index (χ1v) is 15.3. The van der Waals surface area contributed by atoms with E-state index in [4.69, 9.17) is 0 Å². The van der Waals surface area contributed by atoms with E-state index in [0.717, 1.165) is 75.5 Å². The highest BCUT2D eigenvalue weighted by Gasteiger charge is 2.59. The van der Waals surface area contributed by atoms with Crippen LogP contribution in [-0.2, 0) is 4.79 Å². The van der Waals surface area contributed by atoms with Gasteiger partial charge in [-0.05, 0) is 119 Å². The molecule has 3 saturated carbocycles. The molecule has 0 bridgehead atoms. The molecule has 5 rings (SSSR count). The van der Waals surface area contributed by atoms with Gasteiger partial charge in [0.05, 0.1) is 6.10 Å². The van der Waals surface area contributed by atoms with E-state index in [-0.39, 0.29) is 11.6 Å². The normalized spacial score (nSPS) is 42.2. The van der Waals surface area contributed by atoms with Gasteiger partial charge in [0, 0.05) is 38.1 Å². The van der Waals surface area contributed by atoms with E-state index in [1.165, 1.54) is 38.5 Å². The molecular formula is C32H54N2O2. The quantitative estimate of drug-likeness (QED) is 0.464. The molecule has 36 heavy (non-hydrogen) atoms. The predicted octanol–water partition coefficient (Wildman–Crippen LogP) is 6.29. The number of piperazine rings is 1. The summed E-state index contributed by atoms with van der Waals surface area (Å²) >= 11 is 0. The van der Waals surface area contributed by atoms with Gasteiger partial charge in [-0.25, -0.2) is 0 Å². The minimum Gasteiger partial charge on any atom is -0.393 e. The van der Waals surface area contributed by atoms with Crippen LogP contribution in [0, 0.1) is 40.4 Å². The first kappa shape index (κ1) is 26.7. The van der Waals surface area contributed by atoms with Gasteiger partial charge in [-0.15, -0.1) is 0 Å². The lowest BCUT2D eigenvalue weighted by Crippen LogP contribution is -2.54. The molecule has 1 heterocycles. The molecule has 0 aromatic rings. The van der Waals surface area contributed by atoms with Crippen LogP contribution in [0.4, 0.5) is 0 Å². The smallest absolute Gasteiger partial charge is 0.222 e. The molecule has 1 aliphatic heterocycles. The Morgan fingerprint density at radius 3 is 2.47 bits per heavy atom. The highest BCUT2D eigenvalue weighted by Crippen LogP contribution is 2.67. The van der Waals surface area contributed by atoms with Gasteiger partial charge in [-0.3, -0.25) is 9.69 Å². The van der Waals surface area contributed by atoms with Gasteiger partial charge in [-0.2, -0.15) is 0 Å². The van der Waals surface area contributed by atoms with Crippen molar-refractivity contribution in [2.75, 3.05) is 26.2 Å². The fourth-order valence-corrected chi connectivity index (χ4v) is 9.95. The molecule has 0 radical (unpaired) electrons. The minimum atomic E-state index is -0.114. The Morgan fingerprint density at radius 2 is 1.78 bits per heavy atom. The third-order valence-corrected chi connectivity index (χ3v) is 12.2. The first-order valence-electron chi connectivity index (χ1n) is 15.3. The van der Waals surface area contributed by atoms with Crippen molar-refractivity contribution in [3.63, 3.8) is 0 Å². The highest BCUT2D eigenvalue weighted by molar-refractivity contribution is 5.76. The summed E-state index contributed by atoms with van der Waals surface area (Å²) in [4.78, 5) is 17.7. The summed E-state index contributed by atoms with van der Waals surface area (Å²) in [6.45, 7) is 18.2. The van der Waals surface area contributed by atoms with Gasteiger partial charge in [0.2, 0.25) is 5.91 Å². The molecule has 204 valence electrons. The van der Waals surface area contributed by atoms with E-state index in [0.29, 0.717) is 22.7 Å². The largest absolute Gasteiger partial charge is 0.393 e. The summed E-state index contributed by atoms with van der Waals surface area (Å²) in [6, 6.07) is 0. The van der Waals surface area contributed by atoms with E-state index in [9.17, 15) is 9.90 Å². The zero-order chi connectivity index (χ0) is 25.9. The average molecular weight is 499 g/mol. The molecule has 1 N–H and O–H groups in total. The van der Waals surface area contributed by atoms with E-state index in [1.54, 1.807) is 5.57 Å². The lowest BCUT2D eigenvalue weighted by molar-refractivity contribution is -0.134. The molecule has 4 fully saturated rings. The molecule has 4 aliphatic carbocycles. The number of carbonyl (C=O) groups excluding carboxylic acids is 1. The van der Waals surface area contributed by atoms with Crippen LogP contribution in [0.1, 0.15) is 106 Å². The maximum Gasteiger partial charge on any atom is 0.222 e. The maximum atomic E-state index is 13.1. The first-order chi connectivity index (χ1) is 16.9. The second kappa shape index (κ2) is 9.70. The third-order valence-electron chi connectivity index (χ3n) is 12.2. The van der Waals surface area contributed by atoms with E-state index < -0.39 is 0 Å². The van der Waals surface area contributed by atoms with Crippen molar-refractivity contribution in [3.05, 3.63) is 11.6 Å². The van der Waals surface area contributed by atoms with E-state index in [1.807, 2.05) is 0 Å². The van der Waals surface area contributed by atoms with Crippen LogP contribution in [0.2, 0.25) is 0 Å². The highest BCUT2D eigenvalue weighted by atomic mass is 16.3. The standard InChI is InChI=1S/C32H54N2O2/c1-22(7-12-29(36)33-17-19-34(20-18-33)30(2,3)4)26-10-11-27-25-9-8-23-21-24(35)13-15-31(23,5)28(25)14-16-32(26,27)6/h8,22,24-28,35H,7,9-21H2,1-6H3/t22?,24-,25-,26+,27-,28-,31-,32+/m0/s1. The summed E-state index contributed by atoms with van der Waals surface area (Å²) in [6.07, 6.45) is 14.0. The van der Waals surface area contributed by atoms with Gasteiger partial charge < -0.3 is 10.0 Å². The Hall–Kier alpha value is -0.870. The van der Waals surface area contributed by atoms with Gasteiger partial charge in [0.1, 0.15) is 0 Å². The van der Waals surface area contributed by atoms with Crippen molar-refractivity contribution in [3.8, 4) is 0 Å². The zero-order valence-electron chi connectivity index (χ0n) is 24.2. The number of rotatable bonds is 4. The zero-order valence-corrected chi connectivity index (χ0v) is 24.2. The van der Waals surface area contributed by atoms with Gasteiger partial charge >= 0.3 is 0 Å². The van der Waals surface area contributed by atoms with Crippen molar-refractivity contribution in [2.45, 2.75) is 117 Å². The average Bonchev–Trinajstić information content (AvgIpc) is 3.19. The number of nitrogens with zero attached hydrogens (tertiary/aromatic N) is 2. The van der Waals surface area contributed by atoms with Crippen molar-refractivity contribution in [1.82, 2.24) is 9.80 Å². The molecule has 1 saturated heterocycles. The summed E-state index contributed by atoms with van der Waals surface area (Å²) in [7, 11) is 0. The molecule has 0 aromatic carbocycles. The second-order valence-electron chi connectivity index (χ2n) is 14.9. The number of amides is 1. The molecule has 0 aromatic heterocycles. The topological polar surface area (TPSA) is 43.8 Å². The Kier molecular flexibility index (Phi) is 7.20. The van der Waals surface area contributed by atoms with Crippen molar-refractivity contribution in [2.24, 2.45) is 40.4 Å². The summed E-state index contributed by atoms with van der Waals surface area (Å²) in [5.74, 6) is 4.26. The van der Waals surface area contributed by atoms with Crippen molar-refractivity contribution < 1.29 is 9.90 Å². The molecular weight excluding hydrogens is 444 g/mol. The van der Waals surface area contributed by atoms with Crippen LogP contribution < -0.4 is 0 Å². The number of carbonyl (C=O) groups is 1. The van der Waals surface area contributed by atoms with Crippen LogP contribution in [-0.4, -0.2) is 58.6 Å². The van der Waals surface area contributed by atoms with Gasteiger partial charge in [0.25, 0.3) is 0 Å². The van der Waals surface area contributed by atoms with E-state index in [2.05, 4.69) is 57.4 Å². The van der Waals surface area contributed by atoms with Crippen molar-refractivity contribution in [1.29, 1.82) is 0 Å². The predicted molar refractivity (Wildman–Crippen MR) is 148 cm³/mol. The summed E-state index contributed by atoms with van der Waals surface area (Å²) in [5.41, 5.74) is 2.55. The van der Waals surface area contributed by atoms with Crippen LogP contribution in [0.3, 0.4) is 0 Å². The number of hydrogen-bond donors (Lipinski definition) is 1. The number of fused-ring (bicyclic) bond motifs is 5.